The molecule has 128 valence electrons. The number of benzene rings is 4. The lowest BCUT2D eigenvalue weighted by atomic mass is 9.80. The molecule has 0 nitrogen and oxygen atoms in total. The van der Waals surface area contributed by atoms with E-state index in [1.165, 1.54) is 54.9 Å². The molecule has 0 heteroatoms. The highest BCUT2D eigenvalue weighted by atomic mass is 14.3. The van der Waals surface area contributed by atoms with E-state index in [9.17, 15) is 0 Å². The molecule has 0 spiro atoms. The van der Waals surface area contributed by atoms with Crippen LogP contribution in [0.15, 0.2) is 60.7 Å². The van der Waals surface area contributed by atoms with Crippen molar-refractivity contribution >= 4 is 21.5 Å². The quantitative estimate of drug-likeness (QED) is 0.307. The van der Waals surface area contributed by atoms with Crippen LogP contribution in [0, 0.1) is 0 Å². The van der Waals surface area contributed by atoms with Crippen LogP contribution in [0.4, 0.5) is 0 Å². The van der Waals surface area contributed by atoms with Crippen LogP contribution < -0.4 is 0 Å². The average Bonchev–Trinajstić information content (AvgIpc) is 2.95. The number of hydrogen-bond donors (Lipinski definition) is 0. The molecule has 0 N–H and O–H groups in total. The first-order valence-electron chi connectivity index (χ1n) is 9.70. The van der Waals surface area contributed by atoms with Crippen molar-refractivity contribution in [2.24, 2.45) is 0 Å². The molecule has 0 aliphatic heterocycles. The molecule has 1 aliphatic carbocycles. The molecule has 4 aromatic carbocycles. The summed E-state index contributed by atoms with van der Waals surface area (Å²) < 4.78 is 0. The maximum atomic E-state index is 2.33. The highest BCUT2D eigenvalue weighted by molar-refractivity contribution is 6.20. The normalized spacial score (nSPS) is 12.5. The third-order valence-electron chi connectivity index (χ3n) is 5.89. The molecule has 0 heterocycles. The third kappa shape index (κ3) is 1.90. The van der Waals surface area contributed by atoms with Gasteiger partial charge in [-0.25, -0.2) is 0 Å². The number of hydrogen-bond acceptors (Lipinski definition) is 0. The van der Waals surface area contributed by atoms with Crippen LogP contribution in [0.1, 0.15) is 50.7 Å². The highest BCUT2D eigenvalue weighted by Gasteiger charge is 2.30. The summed E-state index contributed by atoms with van der Waals surface area (Å²) in [5.41, 5.74) is 8.81. The van der Waals surface area contributed by atoms with E-state index in [0.29, 0.717) is 11.8 Å². The van der Waals surface area contributed by atoms with E-state index in [4.69, 9.17) is 0 Å². The molecule has 4 aromatic rings. The topological polar surface area (TPSA) is 0 Å². The minimum Gasteiger partial charge on any atom is -0.0616 e. The molecule has 0 fully saturated rings. The molecule has 5 rings (SSSR count). The van der Waals surface area contributed by atoms with Gasteiger partial charge in [-0.2, -0.15) is 0 Å². The van der Waals surface area contributed by atoms with Gasteiger partial charge in [-0.15, -0.1) is 0 Å². The second-order valence-corrected chi connectivity index (χ2v) is 8.14. The van der Waals surface area contributed by atoms with Gasteiger partial charge in [0, 0.05) is 0 Å². The summed E-state index contributed by atoms with van der Waals surface area (Å²) in [4.78, 5) is 0. The second kappa shape index (κ2) is 5.45. The van der Waals surface area contributed by atoms with Crippen LogP contribution in [0.25, 0.3) is 43.8 Å². The van der Waals surface area contributed by atoms with Gasteiger partial charge in [-0.1, -0.05) is 88.4 Å². The first-order chi connectivity index (χ1) is 12.6. The van der Waals surface area contributed by atoms with Gasteiger partial charge in [0.1, 0.15) is 0 Å². The molecule has 0 unspecified atom stereocenters. The molecule has 0 saturated carbocycles. The first-order valence-corrected chi connectivity index (χ1v) is 9.70. The van der Waals surface area contributed by atoms with Crippen molar-refractivity contribution < 1.29 is 0 Å². The van der Waals surface area contributed by atoms with Gasteiger partial charge in [-0.05, 0) is 66.8 Å². The fraction of sp³-hybridized carbons (Fsp3) is 0.231. The molecular formula is C26H24. The molecule has 0 radical (unpaired) electrons. The van der Waals surface area contributed by atoms with E-state index < -0.39 is 0 Å². The Morgan fingerprint density at radius 2 is 1.00 bits per heavy atom. The summed E-state index contributed by atoms with van der Waals surface area (Å²) in [6.07, 6.45) is 0. The van der Waals surface area contributed by atoms with Gasteiger partial charge in [-0.3, -0.25) is 0 Å². The van der Waals surface area contributed by atoms with E-state index in [-0.39, 0.29) is 0 Å². The first kappa shape index (κ1) is 15.6. The molecule has 0 aromatic heterocycles. The molecule has 1 aliphatic rings. The van der Waals surface area contributed by atoms with Gasteiger partial charge in [0.15, 0.2) is 0 Å². The highest BCUT2D eigenvalue weighted by Crippen LogP contribution is 2.55. The second-order valence-electron chi connectivity index (χ2n) is 8.14. The van der Waals surface area contributed by atoms with Gasteiger partial charge < -0.3 is 0 Å². The molecular weight excluding hydrogens is 312 g/mol. The summed E-state index contributed by atoms with van der Waals surface area (Å²) in [6.45, 7) is 9.33. The monoisotopic (exact) mass is 336 g/mol. The Balaban J connectivity index is 2.11. The van der Waals surface area contributed by atoms with Gasteiger partial charge in [0.25, 0.3) is 0 Å². The maximum Gasteiger partial charge on any atom is -0.00262 e. The fourth-order valence-corrected chi connectivity index (χ4v) is 5.01. The molecule has 0 amide bonds. The minimum absolute atomic E-state index is 0.486. The fourth-order valence-electron chi connectivity index (χ4n) is 5.01. The van der Waals surface area contributed by atoms with Crippen molar-refractivity contribution in [3.63, 3.8) is 0 Å². The van der Waals surface area contributed by atoms with E-state index in [0.717, 1.165) is 0 Å². The van der Waals surface area contributed by atoms with Crippen LogP contribution in [0.3, 0.4) is 0 Å². The Labute approximate surface area is 155 Å². The van der Waals surface area contributed by atoms with E-state index >= 15 is 0 Å². The summed E-state index contributed by atoms with van der Waals surface area (Å²) in [6, 6.07) is 22.6. The van der Waals surface area contributed by atoms with E-state index in [2.05, 4.69) is 88.4 Å². The predicted octanol–water partition coefficient (Wildman–Crippen LogP) is 7.89. The smallest absolute Gasteiger partial charge is 0.00262 e. The SMILES string of the molecule is CC(C)c1c2c(c(C(C)C)c3ccccc13)-c1cccc3cccc-2c13. The standard InChI is InChI=1S/C26H24/c1-15(2)22-18-11-5-6-12-19(18)23(16(3)4)26-21-14-8-10-17-9-7-13-20(24(17)21)25(22)26/h5-16H,1-4H3. The number of fused-ring (bicyclic) bond motifs is 4. The van der Waals surface area contributed by atoms with Crippen LogP contribution in [0.2, 0.25) is 0 Å². The zero-order chi connectivity index (χ0) is 18.0. The zero-order valence-electron chi connectivity index (χ0n) is 15.9. The van der Waals surface area contributed by atoms with Crippen molar-refractivity contribution in [2.75, 3.05) is 0 Å². The van der Waals surface area contributed by atoms with Crippen LogP contribution in [-0.2, 0) is 0 Å². The van der Waals surface area contributed by atoms with E-state index in [1.54, 1.807) is 0 Å². The Morgan fingerprint density at radius 1 is 0.538 bits per heavy atom. The summed E-state index contributed by atoms with van der Waals surface area (Å²) in [5.74, 6) is 0.971. The Bertz CT molecular complexity index is 1090. The van der Waals surface area contributed by atoms with Crippen LogP contribution in [-0.4, -0.2) is 0 Å². The predicted molar refractivity (Wildman–Crippen MR) is 114 cm³/mol. The van der Waals surface area contributed by atoms with Gasteiger partial charge >= 0.3 is 0 Å². The van der Waals surface area contributed by atoms with Crippen molar-refractivity contribution in [3.05, 3.63) is 71.8 Å². The minimum atomic E-state index is 0.486. The lowest BCUT2D eigenvalue weighted by molar-refractivity contribution is 0.864. The largest absolute Gasteiger partial charge is 0.0616 e. The Morgan fingerprint density at radius 3 is 1.42 bits per heavy atom. The van der Waals surface area contributed by atoms with Crippen molar-refractivity contribution in [2.45, 2.75) is 39.5 Å². The van der Waals surface area contributed by atoms with Crippen LogP contribution >= 0.6 is 0 Å². The summed E-state index contributed by atoms with van der Waals surface area (Å²) in [7, 11) is 0. The van der Waals surface area contributed by atoms with Gasteiger partial charge in [0.05, 0.1) is 0 Å². The maximum absolute atomic E-state index is 2.33. The summed E-state index contributed by atoms with van der Waals surface area (Å²) in [5, 5.41) is 5.64. The molecule has 0 saturated heterocycles. The molecule has 26 heavy (non-hydrogen) atoms. The Hall–Kier alpha value is -2.60. The lowest BCUT2D eigenvalue weighted by Gasteiger charge is -2.23. The van der Waals surface area contributed by atoms with E-state index in [1.807, 2.05) is 0 Å². The molecule has 0 atom stereocenters. The summed E-state index contributed by atoms with van der Waals surface area (Å²) >= 11 is 0. The molecule has 0 bridgehead atoms. The van der Waals surface area contributed by atoms with Crippen molar-refractivity contribution in [3.8, 4) is 22.3 Å². The Kier molecular flexibility index (Phi) is 3.28. The van der Waals surface area contributed by atoms with Crippen LogP contribution in [0.5, 0.6) is 0 Å². The lowest BCUT2D eigenvalue weighted by Crippen LogP contribution is -2.01. The third-order valence-corrected chi connectivity index (χ3v) is 5.89. The van der Waals surface area contributed by atoms with Gasteiger partial charge in [0.2, 0.25) is 0 Å². The number of rotatable bonds is 2. The van der Waals surface area contributed by atoms with Crippen molar-refractivity contribution in [1.82, 2.24) is 0 Å². The zero-order valence-corrected chi connectivity index (χ0v) is 15.9. The van der Waals surface area contributed by atoms with Crippen molar-refractivity contribution in [1.29, 1.82) is 0 Å². The average molecular weight is 336 g/mol.